The highest BCUT2D eigenvalue weighted by Crippen LogP contribution is 2.28. The Kier molecular flexibility index (Phi) is 3.90. The van der Waals surface area contributed by atoms with Gasteiger partial charge in [0.2, 0.25) is 5.90 Å². The number of methoxy groups -OCH3 is 1. The zero-order valence-corrected chi connectivity index (χ0v) is 13.4. The molecule has 1 aromatic heterocycles. The van der Waals surface area contributed by atoms with Crippen molar-refractivity contribution in [1.82, 2.24) is 0 Å². The number of cyclic esters (lactones) is 1. The predicted molar refractivity (Wildman–Crippen MR) is 85.6 cm³/mol. The van der Waals surface area contributed by atoms with E-state index >= 15 is 0 Å². The Morgan fingerprint density at radius 3 is 2.90 bits per heavy atom. The topological polar surface area (TPSA) is 47.9 Å². The van der Waals surface area contributed by atoms with E-state index in [0.717, 1.165) is 9.35 Å². The van der Waals surface area contributed by atoms with Gasteiger partial charge in [-0.15, -0.1) is 11.3 Å². The molecule has 1 aliphatic rings. The first kappa shape index (κ1) is 14.0. The van der Waals surface area contributed by atoms with Crippen molar-refractivity contribution in [3.05, 3.63) is 56.3 Å². The SMILES string of the molecule is COc1ccc(C2=NC(=Cc3cccs3)C(=O)O2)cc1Br. The largest absolute Gasteiger partial charge is 0.496 e. The molecule has 0 radical (unpaired) electrons. The van der Waals surface area contributed by atoms with E-state index in [4.69, 9.17) is 9.47 Å². The molecule has 0 bridgehead atoms. The van der Waals surface area contributed by atoms with Crippen LogP contribution in [0.25, 0.3) is 6.08 Å². The number of carbonyl (C=O) groups is 1. The Morgan fingerprint density at radius 2 is 2.24 bits per heavy atom. The molecule has 0 spiro atoms. The van der Waals surface area contributed by atoms with Crippen molar-refractivity contribution in [2.24, 2.45) is 4.99 Å². The van der Waals surface area contributed by atoms with Crippen LogP contribution in [0.3, 0.4) is 0 Å². The standard InChI is InChI=1S/C15H10BrNO3S/c1-19-13-5-4-9(7-11(13)16)14-17-12(15(18)20-14)8-10-3-2-6-21-10/h2-8H,1H3. The van der Waals surface area contributed by atoms with Crippen molar-refractivity contribution in [1.29, 1.82) is 0 Å². The van der Waals surface area contributed by atoms with Gasteiger partial charge in [-0.2, -0.15) is 0 Å². The number of nitrogens with zero attached hydrogens (tertiary/aromatic N) is 1. The molecule has 0 N–H and O–H groups in total. The highest BCUT2D eigenvalue weighted by Gasteiger charge is 2.24. The smallest absolute Gasteiger partial charge is 0.363 e. The van der Waals surface area contributed by atoms with Gasteiger partial charge in [-0.25, -0.2) is 9.79 Å². The van der Waals surface area contributed by atoms with Crippen LogP contribution >= 0.6 is 27.3 Å². The molecule has 6 heteroatoms. The highest BCUT2D eigenvalue weighted by atomic mass is 79.9. The molecule has 106 valence electrons. The van der Waals surface area contributed by atoms with Gasteiger partial charge in [0.25, 0.3) is 0 Å². The number of aliphatic imine (C=N–C) groups is 1. The minimum Gasteiger partial charge on any atom is -0.496 e. The van der Waals surface area contributed by atoms with Gasteiger partial charge < -0.3 is 9.47 Å². The molecule has 1 aliphatic heterocycles. The Hall–Kier alpha value is -1.92. The number of ether oxygens (including phenoxy) is 2. The first-order valence-electron chi connectivity index (χ1n) is 6.07. The van der Waals surface area contributed by atoms with E-state index in [1.807, 2.05) is 17.5 Å². The molecule has 0 saturated heterocycles. The second-order valence-corrected chi connectivity index (χ2v) is 6.03. The summed E-state index contributed by atoms with van der Waals surface area (Å²) >= 11 is 4.94. The van der Waals surface area contributed by atoms with Crippen LogP contribution in [-0.2, 0) is 9.53 Å². The van der Waals surface area contributed by atoms with Crippen LogP contribution in [0, 0.1) is 0 Å². The van der Waals surface area contributed by atoms with Gasteiger partial charge in [-0.05, 0) is 51.7 Å². The molecule has 1 aromatic carbocycles. The Balaban J connectivity index is 1.93. The van der Waals surface area contributed by atoms with E-state index in [9.17, 15) is 4.79 Å². The first-order valence-corrected chi connectivity index (χ1v) is 7.74. The summed E-state index contributed by atoms with van der Waals surface area (Å²) in [7, 11) is 1.59. The summed E-state index contributed by atoms with van der Waals surface area (Å²) in [5.41, 5.74) is 1.02. The Labute approximate surface area is 133 Å². The summed E-state index contributed by atoms with van der Waals surface area (Å²) in [6, 6.07) is 9.23. The number of hydrogen-bond donors (Lipinski definition) is 0. The minimum absolute atomic E-state index is 0.297. The third-order valence-corrected chi connectivity index (χ3v) is 4.28. The van der Waals surface area contributed by atoms with E-state index < -0.39 is 5.97 Å². The minimum atomic E-state index is -0.439. The highest BCUT2D eigenvalue weighted by molar-refractivity contribution is 9.10. The zero-order valence-electron chi connectivity index (χ0n) is 11.0. The summed E-state index contributed by atoms with van der Waals surface area (Å²) in [5.74, 6) is 0.564. The van der Waals surface area contributed by atoms with Crippen LogP contribution in [0.15, 0.2) is 50.9 Å². The molecule has 2 aromatic rings. The molecule has 0 unspecified atom stereocenters. The number of halogens is 1. The van der Waals surface area contributed by atoms with Gasteiger partial charge in [0.15, 0.2) is 5.70 Å². The summed E-state index contributed by atoms with van der Waals surface area (Å²) < 4.78 is 11.2. The van der Waals surface area contributed by atoms with E-state index in [1.165, 1.54) is 11.3 Å². The second-order valence-electron chi connectivity index (χ2n) is 4.20. The number of carbonyl (C=O) groups excluding carboxylic acids is 1. The third kappa shape index (κ3) is 2.91. The molecule has 21 heavy (non-hydrogen) atoms. The van der Waals surface area contributed by atoms with Crippen molar-refractivity contribution < 1.29 is 14.3 Å². The van der Waals surface area contributed by atoms with E-state index in [0.29, 0.717) is 22.9 Å². The van der Waals surface area contributed by atoms with Gasteiger partial charge >= 0.3 is 5.97 Å². The van der Waals surface area contributed by atoms with Crippen LogP contribution in [-0.4, -0.2) is 19.0 Å². The fourth-order valence-corrected chi connectivity index (χ4v) is 3.03. The van der Waals surface area contributed by atoms with Gasteiger partial charge in [0.05, 0.1) is 11.6 Å². The average Bonchev–Trinajstić information content (AvgIpc) is 3.10. The van der Waals surface area contributed by atoms with Gasteiger partial charge in [0.1, 0.15) is 5.75 Å². The van der Waals surface area contributed by atoms with E-state index in [2.05, 4.69) is 20.9 Å². The summed E-state index contributed by atoms with van der Waals surface area (Å²) in [6.45, 7) is 0. The number of thiophene rings is 1. The van der Waals surface area contributed by atoms with Crippen LogP contribution in [0.2, 0.25) is 0 Å². The lowest BCUT2D eigenvalue weighted by atomic mass is 10.2. The van der Waals surface area contributed by atoms with Crippen LogP contribution in [0.1, 0.15) is 10.4 Å². The fourth-order valence-electron chi connectivity index (χ4n) is 1.84. The summed E-state index contributed by atoms with van der Waals surface area (Å²) in [5, 5.41) is 1.94. The summed E-state index contributed by atoms with van der Waals surface area (Å²) in [4.78, 5) is 17.1. The Morgan fingerprint density at radius 1 is 1.38 bits per heavy atom. The normalized spacial score (nSPS) is 16.0. The molecule has 0 atom stereocenters. The predicted octanol–water partition coefficient (Wildman–Crippen LogP) is 3.86. The lowest BCUT2D eigenvalue weighted by molar-refractivity contribution is -0.129. The summed E-state index contributed by atoms with van der Waals surface area (Å²) in [6.07, 6.45) is 1.72. The van der Waals surface area contributed by atoms with Crippen molar-refractivity contribution in [2.45, 2.75) is 0 Å². The third-order valence-electron chi connectivity index (χ3n) is 2.84. The zero-order chi connectivity index (χ0) is 14.8. The number of rotatable bonds is 3. The quantitative estimate of drug-likeness (QED) is 0.614. The molecule has 0 fully saturated rings. The first-order chi connectivity index (χ1) is 10.2. The van der Waals surface area contributed by atoms with Gasteiger partial charge in [-0.1, -0.05) is 6.07 Å². The maximum Gasteiger partial charge on any atom is 0.363 e. The molecule has 0 amide bonds. The molecule has 2 heterocycles. The van der Waals surface area contributed by atoms with Crippen molar-refractivity contribution >= 4 is 45.2 Å². The van der Waals surface area contributed by atoms with Crippen molar-refractivity contribution in [3.8, 4) is 5.75 Å². The fraction of sp³-hybridized carbons (Fsp3) is 0.0667. The molecular formula is C15H10BrNO3S. The Bertz CT molecular complexity index is 750. The van der Waals surface area contributed by atoms with Crippen molar-refractivity contribution in [3.63, 3.8) is 0 Å². The maximum atomic E-state index is 11.9. The van der Waals surface area contributed by atoms with E-state index in [1.54, 1.807) is 31.4 Å². The van der Waals surface area contributed by atoms with E-state index in [-0.39, 0.29) is 0 Å². The molecule has 3 rings (SSSR count). The van der Waals surface area contributed by atoms with Gasteiger partial charge in [-0.3, -0.25) is 0 Å². The molecule has 4 nitrogen and oxygen atoms in total. The lowest BCUT2D eigenvalue weighted by Crippen LogP contribution is -2.05. The lowest BCUT2D eigenvalue weighted by Gasteiger charge is -2.05. The second kappa shape index (κ2) is 5.83. The van der Waals surface area contributed by atoms with Crippen LogP contribution in [0.4, 0.5) is 0 Å². The average molecular weight is 364 g/mol. The molecule has 0 aliphatic carbocycles. The van der Waals surface area contributed by atoms with Gasteiger partial charge in [0, 0.05) is 10.4 Å². The monoisotopic (exact) mass is 363 g/mol. The van der Waals surface area contributed by atoms with Crippen molar-refractivity contribution in [2.75, 3.05) is 7.11 Å². The number of benzene rings is 1. The maximum absolute atomic E-state index is 11.9. The van der Waals surface area contributed by atoms with Crippen LogP contribution < -0.4 is 4.74 Å². The van der Waals surface area contributed by atoms with Crippen LogP contribution in [0.5, 0.6) is 5.75 Å². The number of esters is 1. The molecular weight excluding hydrogens is 354 g/mol. The number of hydrogen-bond acceptors (Lipinski definition) is 5. The molecule has 0 saturated carbocycles.